The normalized spacial score (nSPS) is 21.8. The van der Waals surface area contributed by atoms with E-state index in [0.717, 1.165) is 19.5 Å². The molecule has 1 atom stereocenters. The minimum Gasteiger partial charge on any atom is -0.508 e. The summed E-state index contributed by atoms with van der Waals surface area (Å²) in [5.41, 5.74) is 0. The van der Waals surface area contributed by atoms with Crippen molar-refractivity contribution in [3.8, 4) is 5.75 Å². The van der Waals surface area contributed by atoms with Gasteiger partial charge in [0.25, 0.3) is 0 Å². The number of aromatic hydroxyl groups is 1. The lowest BCUT2D eigenvalue weighted by molar-refractivity contribution is 0.407. The van der Waals surface area contributed by atoms with E-state index >= 15 is 0 Å². The number of phenolic OH excluding ortho intramolecular Hbond substituents is 1. The summed E-state index contributed by atoms with van der Waals surface area (Å²) < 4.78 is 26.7. The molecule has 6 heteroatoms. The summed E-state index contributed by atoms with van der Waals surface area (Å²) in [6, 6.07) is 5.64. The van der Waals surface area contributed by atoms with Gasteiger partial charge in [-0.15, -0.1) is 0 Å². The van der Waals surface area contributed by atoms with Crippen LogP contribution in [-0.4, -0.2) is 44.6 Å². The Hall–Kier alpha value is -1.11. The van der Waals surface area contributed by atoms with Gasteiger partial charge < -0.3 is 10.0 Å². The molecule has 1 aliphatic rings. The average Bonchev–Trinajstić information content (AvgIpc) is 2.63. The number of benzene rings is 1. The number of hydrogen-bond donors (Lipinski definition) is 2. The third kappa shape index (κ3) is 2.96. The van der Waals surface area contributed by atoms with E-state index < -0.39 is 10.0 Å². The third-order valence-electron chi connectivity index (χ3n) is 2.84. The number of sulfonamides is 1. The molecule has 0 aliphatic carbocycles. The zero-order valence-electron chi connectivity index (χ0n) is 9.63. The number of hydrogen-bond acceptors (Lipinski definition) is 4. The van der Waals surface area contributed by atoms with Crippen molar-refractivity contribution in [1.29, 1.82) is 0 Å². The first-order valence-electron chi connectivity index (χ1n) is 5.47. The molecule has 1 fully saturated rings. The molecule has 0 aromatic heterocycles. The lowest BCUT2D eigenvalue weighted by Crippen LogP contribution is -2.36. The zero-order chi connectivity index (χ0) is 12.5. The van der Waals surface area contributed by atoms with Crippen molar-refractivity contribution in [2.45, 2.75) is 17.4 Å². The molecule has 5 nitrogen and oxygen atoms in total. The summed E-state index contributed by atoms with van der Waals surface area (Å²) in [6.45, 7) is 1.62. The number of rotatable bonds is 3. The topological polar surface area (TPSA) is 69.6 Å². The molecule has 1 aromatic rings. The Kier molecular flexibility index (Phi) is 3.37. The maximum atomic E-state index is 12.0. The number of likely N-dealkylation sites (tertiary alicyclic amines) is 1. The lowest BCUT2D eigenvalue weighted by atomic mass is 10.3. The van der Waals surface area contributed by atoms with Crippen LogP contribution in [0.3, 0.4) is 0 Å². The van der Waals surface area contributed by atoms with Gasteiger partial charge in [-0.2, -0.15) is 0 Å². The van der Waals surface area contributed by atoms with E-state index in [1.54, 1.807) is 0 Å². The van der Waals surface area contributed by atoms with Gasteiger partial charge in [0.2, 0.25) is 10.0 Å². The Morgan fingerprint density at radius 2 is 2.24 bits per heavy atom. The van der Waals surface area contributed by atoms with E-state index in [1.807, 2.05) is 7.05 Å². The van der Waals surface area contributed by atoms with Crippen LogP contribution in [-0.2, 0) is 10.0 Å². The van der Waals surface area contributed by atoms with E-state index in [0.29, 0.717) is 0 Å². The smallest absolute Gasteiger partial charge is 0.240 e. The fraction of sp³-hybridized carbons (Fsp3) is 0.455. The Morgan fingerprint density at radius 3 is 2.82 bits per heavy atom. The minimum absolute atomic E-state index is 0.0450. The van der Waals surface area contributed by atoms with Crippen LogP contribution >= 0.6 is 0 Å². The van der Waals surface area contributed by atoms with E-state index in [4.69, 9.17) is 0 Å². The van der Waals surface area contributed by atoms with Crippen LogP contribution in [0, 0.1) is 0 Å². The van der Waals surface area contributed by atoms with Crippen molar-refractivity contribution < 1.29 is 13.5 Å². The fourth-order valence-corrected chi connectivity index (χ4v) is 3.27. The minimum atomic E-state index is -3.53. The van der Waals surface area contributed by atoms with Gasteiger partial charge in [-0.25, -0.2) is 13.1 Å². The average molecular weight is 256 g/mol. The van der Waals surface area contributed by atoms with Gasteiger partial charge in [-0.05, 0) is 38.2 Å². The molecule has 1 heterocycles. The van der Waals surface area contributed by atoms with Crippen molar-refractivity contribution >= 4 is 10.0 Å². The molecule has 2 N–H and O–H groups in total. The highest BCUT2D eigenvalue weighted by Crippen LogP contribution is 2.17. The summed E-state index contributed by atoms with van der Waals surface area (Å²) in [4.78, 5) is 2.18. The Labute approximate surface area is 101 Å². The van der Waals surface area contributed by atoms with Crippen molar-refractivity contribution in [2.75, 3.05) is 20.1 Å². The van der Waals surface area contributed by atoms with Crippen molar-refractivity contribution in [1.82, 2.24) is 9.62 Å². The van der Waals surface area contributed by atoms with E-state index in [-0.39, 0.29) is 16.7 Å². The van der Waals surface area contributed by atoms with Gasteiger partial charge >= 0.3 is 0 Å². The highest BCUT2D eigenvalue weighted by atomic mass is 32.2. The third-order valence-corrected chi connectivity index (χ3v) is 4.36. The van der Waals surface area contributed by atoms with Crippen LogP contribution in [0.15, 0.2) is 29.2 Å². The molecule has 0 saturated carbocycles. The highest BCUT2D eigenvalue weighted by molar-refractivity contribution is 7.89. The Bertz CT molecular complexity index is 501. The predicted molar refractivity (Wildman–Crippen MR) is 64.3 cm³/mol. The van der Waals surface area contributed by atoms with E-state index in [9.17, 15) is 13.5 Å². The maximum Gasteiger partial charge on any atom is 0.240 e. The first-order chi connectivity index (χ1) is 7.97. The second-order valence-electron chi connectivity index (χ2n) is 4.37. The number of nitrogens with one attached hydrogen (secondary N) is 1. The molecular formula is C11H16N2O3S. The molecule has 1 aliphatic heterocycles. The van der Waals surface area contributed by atoms with Gasteiger partial charge in [0.05, 0.1) is 4.90 Å². The van der Waals surface area contributed by atoms with Crippen LogP contribution < -0.4 is 4.72 Å². The molecule has 1 aromatic carbocycles. The van der Waals surface area contributed by atoms with E-state index in [1.165, 1.54) is 24.3 Å². The summed E-state index contributed by atoms with van der Waals surface area (Å²) in [5.74, 6) is -0.0450. The summed E-state index contributed by atoms with van der Waals surface area (Å²) >= 11 is 0. The van der Waals surface area contributed by atoms with Gasteiger partial charge in [0.15, 0.2) is 0 Å². The molecule has 0 amide bonds. The second kappa shape index (κ2) is 4.64. The summed E-state index contributed by atoms with van der Waals surface area (Å²) in [5, 5.41) is 9.28. The maximum absolute atomic E-state index is 12.0. The lowest BCUT2D eigenvalue weighted by Gasteiger charge is -2.13. The fourth-order valence-electron chi connectivity index (χ4n) is 1.97. The van der Waals surface area contributed by atoms with Gasteiger partial charge in [0.1, 0.15) is 5.75 Å². The predicted octanol–water partition coefficient (Wildman–Crippen LogP) is 0.375. The highest BCUT2D eigenvalue weighted by Gasteiger charge is 2.25. The van der Waals surface area contributed by atoms with Gasteiger partial charge in [-0.3, -0.25) is 0 Å². The van der Waals surface area contributed by atoms with Crippen LogP contribution in [0.1, 0.15) is 6.42 Å². The van der Waals surface area contributed by atoms with Crippen LogP contribution in [0.2, 0.25) is 0 Å². The first kappa shape index (κ1) is 12.3. The van der Waals surface area contributed by atoms with Gasteiger partial charge in [0, 0.05) is 12.6 Å². The molecule has 17 heavy (non-hydrogen) atoms. The Balaban J connectivity index is 2.14. The number of likely N-dealkylation sites (N-methyl/N-ethyl adjacent to an activating group) is 1. The van der Waals surface area contributed by atoms with Crippen molar-refractivity contribution in [3.05, 3.63) is 24.3 Å². The van der Waals surface area contributed by atoms with Crippen LogP contribution in [0.4, 0.5) is 0 Å². The monoisotopic (exact) mass is 256 g/mol. The molecule has 1 saturated heterocycles. The quantitative estimate of drug-likeness (QED) is 0.820. The van der Waals surface area contributed by atoms with Crippen LogP contribution in [0.25, 0.3) is 0 Å². The number of phenols is 1. The first-order valence-corrected chi connectivity index (χ1v) is 6.95. The zero-order valence-corrected chi connectivity index (χ0v) is 10.4. The standard InChI is InChI=1S/C11H16N2O3S/c1-13-6-5-9(8-13)12-17(15,16)11-4-2-3-10(14)7-11/h2-4,7,9,12,14H,5-6,8H2,1H3. The van der Waals surface area contributed by atoms with E-state index in [2.05, 4.69) is 9.62 Å². The Morgan fingerprint density at radius 1 is 1.47 bits per heavy atom. The summed E-state index contributed by atoms with van der Waals surface area (Å²) in [6.07, 6.45) is 0.814. The number of nitrogens with zero attached hydrogens (tertiary/aromatic N) is 1. The SMILES string of the molecule is CN1CCC(NS(=O)(=O)c2cccc(O)c2)C1. The molecule has 1 unspecified atom stereocenters. The molecule has 2 rings (SSSR count). The largest absolute Gasteiger partial charge is 0.508 e. The van der Waals surface area contributed by atoms with Crippen molar-refractivity contribution in [3.63, 3.8) is 0 Å². The molecule has 94 valence electrons. The molecular weight excluding hydrogens is 240 g/mol. The second-order valence-corrected chi connectivity index (χ2v) is 6.08. The molecule has 0 spiro atoms. The summed E-state index contributed by atoms with van der Waals surface area (Å²) in [7, 11) is -1.57. The van der Waals surface area contributed by atoms with Crippen molar-refractivity contribution in [2.24, 2.45) is 0 Å². The molecule has 0 bridgehead atoms. The molecule has 0 radical (unpaired) electrons. The van der Waals surface area contributed by atoms with Crippen LogP contribution in [0.5, 0.6) is 5.75 Å². The van der Waals surface area contributed by atoms with Gasteiger partial charge in [-0.1, -0.05) is 6.07 Å².